The van der Waals surface area contributed by atoms with Crippen LogP contribution in [0.5, 0.6) is 5.75 Å². The minimum Gasteiger partial charge on any atom is -0.508 e. The van der Waals surface area contributed by atoms with Crippen molar-refractivity contribution >= 4 is 5.91 Å². The van der Waals surface area contributed by atoms with Gasteiger partial charge in [0.25, 0.3) is 0 Å². The third-order valence-corrected chi connectivity index (χ3v) is 3.94. The smallest absolute Gasteiger partial charge is 0.227 e. The fourth-order valence-corrected chi connectivity index (χ4v) is 2.77. The molecule has 1 amide bonds. The molecule has 0 heterocycles. The van der Waals surface area contributed by atoms with Crippen molar-refractivity contribution < 1.29 is 9.90 Å². The van der Waals surface area contributed by atoms with E-state index in [-0.39, 0.29) is 23.7 Å². The number of carbonyl (C=O) groups is 1. The van der Waals surface area contributed by atoms with Crippen LogP contribution in [0.15, 0.2) is 24.3 Å². The minimum atomic E-state index is 0.0629. The Labute approximate surface area is 114 Å². The number of hydrogen-bond donors (Lipinski definition) is 2. The second-order valence-corrected chi connectivity index (χ2v) is 5.37. The standard InChI is InChI=1S/C15H22N2O2/c1-17(14-8-3-2-7-13(14)16)15(19)10-11-5-4-6-12(18)9-11/h4-6,9,13-14,18H,2-3,7-8,10,16H2,1H3. The van der Waals surface area contributed by atoms with E-state index in [1.165, 1.54) is 0 Å². The normalized spacial score (nSPS) is 23.1. The fraction of sp³-hybridized carbons (Fsp3) is 0.533. The van der Waals surface area contributed by atoms with Gasteiger partial charge in [0.2, 0.25) is 5.91 Å². The molecule has 1 saturated carbocycles. The zero-order chi connectivity index (χ0) is 13.8. The lowest BCUT2D eigenvalue weighted by atomic mass is 9.90. The van der Waals surface area contributed by atoms with Gasteiger partial charge >= 0.3 is 0 Å². The van der Waals surface area contributed by atoms with Crippen molar-refractivity contribution in [2.24, 2.45) is 5.73 Å². The highest BCUT2D eigenvalue weighted by Crippen LogP contribution is 2.22. The molecule has 1 fully saturated rings. The minimum absolute atomic E-state index is 0.0629. The number of carbonyl (C=O) groups excluding carboxylic acids is 1. The molecule has 2 unspecified atom stereocenters. The topological polar surface area (TPSA) is 66.6 Å². The molecule has 2 atom stereocenters. The van der Waals surface area contributed by atoms with Gasteiger partial charge in [-0.3, -0.25) is 4.79 Å². The van der Waals surface area contributed by atoms with Crippen molar-refractivity contribution in [2.45, 2.75) is 44.2 Å². The summed E-state index contributed by atoms with van der Waals surface area (Å²) in [5.74, 6) is 0.260. The Hall–Kier alpha value is -1.55. The molecule has 1 aromatic rings. The summed E-state index contributed by atoms with van der Waals surface area (Å²) < 4.78 is 0. The Morgan fingerprint density at radius 2 is 2.16 bits per heavy atom. The van der Waals surface area contributed by atoms with Gasteiger partial charge < -0.3 is 15.7 Å². The van der Waals surface area contributed by atoms with Crippen LogP contribution in [-0.2, 0) is 11.2 Å². The highest BCUT2D eigenvalue weighted by molar-refractivity contribution is 5.79. The molecule has 0 radical (unpaired) electrons. The summed E-state index contributed by atoms with van der Waals surface area (Å²) in [6, 6.07) is 7.09. The average molecular weight is 262 g/mol. The number of phenols is 1. The molecule has 0 saturated heterocycles. The Balaban J connectivity index is 1.99. The monoisotopic (exact) mass is 262 g/mol. The largest absolute Gasteiger partial charge is 0.508 e. The number of nitrogens with zero attached hydrogens (tertiary/aromatic N) is 1. The SMILES string of the molecule is CN(C(=O)Cc1cccc(O)c1)C1CCCCC1N. The summed E-state index contributed by atoms with van der Waals surface area (Å²) in [7, 11) is 1.83. The second-order valence-electron chi connectivity index (χ2n) is 5.37. The maximum Gasteiger partial charge on any atom is 0.227 e. The van der Waals surface area contributed by atoms with Crippen LogP contribution < -0.4 is 5.73 Å². The van der Waals surface area contributed by atoms with Crippen molar-refractivity contribution in [3.05, 3.63) is 29.8 Å². The van der Waals surface area contributed by atoms with Gasteiger partial charge in [-0.05, 0) is 30.5 Å². The number of amides is 1. The summed E-state index contributed by atoms with van der Waals surface area (Å²) in [6.07, 6.45) is 4.60. The van der Waals surface area contributed by atoms with E-state index in [1.54, 1.807) is 23.1 Å². The van der Waals surface area contributed by atoms with E-state index in [0.717, 1.165) is 31.2 Å². The molecule has 0 aliphatic heterocycles. The van der Waals surface area contributed by atoms with Crippen molar-refractivity contribution in [1.82, 2.24) is 4.90 Å². The van der Waals surface area contributed by atoms with Gasteiger partial charge in [0.1, 0.15) is 5.75 Å². The average Bonchev–Trinajstić information content (AvgIpc) is 2.38. The van der Waals surface area contributed by atoms with Crippen molar-refractivity contribution in [1.29, 1.82) is 0 Å². The van der Waals surface area contributed by atoms with Gasteiger partial charge in [-0.2, -0.15) is 0 Å². The molecule has 1 aliphatic rings. The van der Waals surface area contributed by atoms with Crippen LogP contribution in [0.3, 0.4) is 0 Å². The molecule has 104 valence electrons. The van der Waals surface area contributed by atoms with Gasteiger partial charge in [0.15, 0.2) is 0 Å². The maximum absolute atomic E-state index is 12.3. The van der Waals surface area contributed by atoms with E-state index in [1.807, 2.05) is 13.1 Å². The molecule has 1 aliphatic carbocycles. The molecule has 19 heavy (non-hydrogen) atoms. The van der Waals surface area contributed by atoms with Crippen LogP contribution in [0.25, 0.3) is 0 Å². The molecule has 3 N–H and O–H groups in total. The molecular formula is C15H22N2O2. The summed E-state index contributed by atoms with van der Waals surface area (Å²) in [5, 5.41) is 9.41. The predicted octanol–water partition coefficient (Wildman–Crippen LogP) is 1.66. The van der Waals surface area contributed by atoms with Crippen LogP contribution in [-0.4, -0.2) is 35.0 Å². The van der Waals surface area contributed by atoms with Gasteiger partial charge in [-0.25, -0.2) is 0 Å². The molecule has 2 rings (SSSR count). The second kappa shape index (κ2) is 6.06. The van der Waals surface area contributed by atoms with Crippen LogP contribution in [0, 0.1) is 0 Å². The molecule has 1 aromatic carbocycles. The van der Waals surface area contributed by atoms with E-state index >= 15 is 0 Å². The number of benzene rings is 1. The maximum atomic E-state index is 12.3. The van der Waals surface area contributed by atoms with Crippen LogP contribution in [0.4, 0.5) is 0 Å². The number of likely N-dealkylation sites (N-methyl/N-ethyl adjacent to an activating group) is 1. The molecule has 4 nitrogen and oxygen atoms in total. The van der Waals surface area contributed by atoms with Crippen molar-refractivity contribution in [3.8, 4) is 5.75 Å². The number of rotatable bonds is 3. The summed E-state index contributed by atoms with van der Waals surface area (Å²) in [5.41, 5.74) is 6.94. The fourth-order valence-electron chi connectivity index (χ4n) is 2.77. The lowest BCUT2D eigenvalue weighted by Crippen LogP contribution is -2.50. The first-order valence-corrected chi connectivity index (χ1v) is 6.87. The van der Waals surface area contributed by atoms with Crippen molar-refractivity contribution in [2.75, 3.05) is 7.05 Å². The van der Waals surface area contributed by atoms with E-state index in [9.17, 15) is 9.90 Å². The first kappa shape index (κ1) is 13.9. The Morgan fingerprint density at radius 3 is 2.84 bits per heavy atom. The van der Waals surface area contributed by atoms with Gasteiger partial charge in [0.05, 0.1) is 6.42 Å². The van der Waals surface area contributed by atoms with E-state index in [0.29, 0.717) is 6.42 Å². The van der Waals surface area contributed by atoms with Crippen LogP contribution >= 0.6 is 0 Å². The lowest BCUT2D eigenvalue weighted by molar-refractivity contribution is -0.132. The molecular weight excluding hydrogens is 240 g/mol. The van der Waals surface area contributed by atoms with E-state index in [2.05, 4.69) is 0 Å². The highest BCUT2D eigenvalue weighted by Gasteiger charge is 2.28. The Morgan fingerprint density at radius 1 is 1.42 bits per heavy atom. The van der Waals surface area contributed by atoms with Gasteiger partial charge in [-0.1, -0.05) is 25.0 Å². The third kappa shape index (κ3) is 3.47. The first-order chi connectivity index (χ1) is 9.08. The zero-order valence-corrected chi connectivity index (χ0v) is 11.4. The molecule has 0 bridgehead atoms. The third-order valence-electron chi connectivity index (χ3n) is 3.94. The van der Waals surface area contributed by atoms with E-state index in [4.69, 9.17) is 5.73 Å². The number of hydrogen-bond acceptors (Lipinski definition) is 3. The summed E-state index contributed by atoms with van der Waals surface area (Å²) >= 11 is 0. The van der Waals surface area contributed by atoms with Gasteiger partial charge in [-0.15, -0.1) is 0 Å². The Bertz CT molecular complexity index is 448. The molecule has 0 spiro atoms. The molecule has 0 aromatic heterocycles. The van der Waals surface area contributed by atoms with Crippen molar-refractivity contribution in [3.63, 3.8) is 0 Å². The highest BCUT2D eigenvalue weighted by atomic mass is 16.3. The number of phenolic OH excluding ortho intramolecular Hbond substituents is 1. The Kier molecular flexibility index (Phi) is 4.43. The molecule has 4 heteroatoms. The summed E-state index contributed by atoms with van der Waals surface area (Å²) in [6.45, 7) is 0. The lowest BCUT2D eigenvalue weighted by Gasteiger charge is -2.36. The first-order valence-electron chi connectivity index (χ1n) is 6.87. The predicted molar refractivity (Wildman–Crippen MR) is 74.8 cm³/mol. The quantitative estimate of drug-likeness (QED) is 0.870. The van der Waals surface area contributed by atoms with E-state index < -0.39 is 0 Å². The van der Waals surface area contributed by atoms with Crippen LogP contribution in [0.1, 0.15) is 31.2 Å². The number of nitrogens with two attached hydrogens (primary N) is 1. The summed E-state index contributed by atoms with van der Waals surface area (Å²) in [4.78, 5) is 14.0. The van der Waals surface area contributed by atoms with Crippen LogP contribution in [0.2, 0.25) is 0 Å². The van der Waals surface area contributed by atoms with Gasteiger partial charge in [0, 0.05) is 19.1 Å². The number of aromatic hydroxyl groups is 1. The zero-order valence-electron chi connectivity index (χ0n) is 11.4.